The highest BCUT2D eigenvalue weighted by Gasteiger charge is 2.20. The summed E-state index contributed by atoms with van der Waals surface area (Å²) in [5.74, 6) is 2.56. The van der Waals surface area contributed by atoms with Gasteiger partial charge in [0.2, 0.25) is 17.6 Å². The molecule has 1 amide bonds. The van der Waals surface area contributed by atoms with Crippen LogP contribution in [0.15, 0.2) is 45.7 Å². The number of carbonyl (C=O) groups is 1. The first-order valence-corrected chi connectivity index (χ1v) is 11.5. The number of rotatable bonds is 9. The van der Waals surface area contributed by atoms with Gasteiger partial charge >= 0.3 is 0 Å². The van der Waals surface area contributed by atoms with Crippen molar-refractivity contribution >= 4 is 34.7 Å². The van der Waals surface area contributed by atoms with Gasteiger partial charge in [-0.3, -0.25) is 9.20 Å². The number of nitrogens with one attached hydrogen (secondary N) is 1. The minimum atomic E-state index is -0.212. The van der Waals surface area contributed by atoms with Crippen molar-refractivity contribution in [1.29, 1.82) is 0 Å². The molecule has 1 atom stereocenters. The van der Waals surface area contributed by atoms with E-state index < -0.39 is 0 Å². The van der Waals surface area contributed by atoms with Gasteiger partial charge in [0.05, 0.1) is 6.04 Å². The van der Waals surface area contributed by atoms with E-state index in [1.165, 1.54) is 0 Å². The molecule has 1 N–H and O–H groups in total. The molecule has 0 spiro atoms. The van der Waals surface area contributed by atoms with Crippen LogP contribution in [0, 0.1) is 0 Å². The van der Waals surface area contributed by atoms with Crippen LogP contribution in [0.25, 0.3) is 17.0 Å². The first kappa shape index (κ1) is 19.6. The largest absolute Gasteiger partial charge is 0.346 e. The Hall–Kier alpha value is -2.72. The Morgan fingerprint density at radius 3 is 3.10 bits per heavy atom. The predicted octanol–water partition coefficient (Wildman–Crippen LogP) is 3.38. The molecule has 0 saturated heterocycles. The minimum absolute atomic E-state index is 0.0842. The second-order valence-corrected chi connectivity index (χ2v) is 8.18. The van der Waals surface area contributed by atoms with Gasteiger partial charge in [-0.15, -0.1) is 10.2 Å². The second kappa shape index (κ2) is 9.19. The third-order valence-corrected chi connectivity index (χ3v) is 5.74. The Labute approximate surface area is 175 Å². The van der Waals surface area contributed by atoms with Gasteiger partial charge in [-0.05, 0) is 42.0 Å². The number of pyridine rings is 1. The Morgan fingerprint density at radius 2 is 2.28 bits per heavy atom. The molecule has 0 aliphatic heterocycles. The molecule has 0 saturated carbocycles. The van der Waals surface area contributed by atoms with E-state index in [4.69, 9.17) is 4.52 Å². The maximum absolute atomic E-state index is 12.6. The van der Waals surface area contributed by atoms with Crippen molar-refractivity contribution in [1.82, 2.24) is 30.1 Å². The molecule has 1 unspecified atom stereocenters. The summed E-state index contributed by atoms with van der Waals surface area (Å²) in [6, 6.07) is 7.46. The summed E-state index contributed by atoms with van der Waals surface area (Å²) in [6.07, 6.45) is 5.37. The standard InChI is InChI=1S/C19H20N6O2S2/c1-28-10-8-14(19-23-22-15-4-2-3-9-25(15)19)20-16(26)5-6-17-21-18(24-27-17)13-7-11-29-12-13/h2-4,7,9,11-12,14H,5-6,8,10H2,1H3,(H,20,26). The molecule has 0 aliphatic rings. The van der Waals surface area contributed by atoms with Crippen molar-refractivity contribution in [3.63, 3.8) is 0 Å². The maximum atomic E-state index is 12.6. The van der Waals surface area contributed by atoms with E-state index in [1.54, 1.807) is 23.1 Å². The van der Waals surface area contributed by atoms with E-state index in [9.17, 15) is 4.79 Å². The van der Waals surface area contributed by atoms with E-state index in [2.05, 4.69) is 25.7 Å². The van der Waals surface area contributed by atoms with Crippen LogP contribution in [0.2, 0.25) is 0 Å². The van der Waals surface area contributed by atoms with Gasteiger partial charge in [-0.2, -0.15) is 28.1 Å². The molecular weight excluding hydrogens is 408 g/mol. The summed E-state index contributed by atoms with van der Waals surface area (Å²) in [5.41, 5.74) is 1.68. The van der Waals surface area contributed by atoms with Crippen molar-refractivity contribution in [2.75, 3.05) is 12.0 Å². The average Bonchev–Trinajstić information content (AvgIpc) is 3.49. The number of hydrogen-bond acceptors (Lipinski definition) is 8. The van der Waals surface area contributed by atoms with E-state index >= 15 is 0 Å². The number of nitrogens with zero attached hydrogens (tertiary/aromatic N) is 5. The van der Waals surface area contributed by atoms with Crippen LogP contribution in [-0.2, 0) is 11.2 Å². The minimum Gasteiger partial charge on any atom is -0.346 e. The lowest BCUT2D eigenvalue weighted by molar-refractivity contribution is -0.122. The molecule has 4 aromatic heterocycles. The molecule has 0 aliphatic carbocycles. The molecule has 150 valence electrons. The van der Waals surface area contributed by atoms with Crippen LogP contribution in [0.5, 0.6) is 0 Å². The zero-order valence-electron chi connectivity index (χ0n) is 15.8. The molecule has 0 bridgehead atoms. The molecule has 4 aromatic rings. The molecule has 10 heteroatoms. The second-order valence-electron chi connectivity index (χ2n) is 6.41. The van der Waals surface area contributed by atoms with Crippen LogP contribution in [0.4, 0.5) is 0 Å². The van der Waals surface area contributed by atoms with Crippen molar-refractivity contribution in [2.24, 2.45) is 0 Å². The van der Waals surface area contributed by atoms with Gasteiger partial charge in [0.15, 0.2) is 11.5 Å². The maximum Gasteiger partial charge on any atom is 0.227 e. The van der Waals surface area contributed by atoms with E-state index in [1.807, 2.05) is 51.9 Å². The van der Waals surface area contributed by atoms with Crippen molar-refractivity contribution in [2.45, 2.75) is 25.3 Å². The molecule has 4 heterocycles. The van der Waals surface area contributed by atoms with Gasteiger partial charge < -0.3 is 9.84 Å². The van der Waals surface area contributed by atoms with Crippen LogP contribution < -0.4 is 5.32 Å². The highest BCUT2D eigenvalue weighted by atomic mass is 32.2. The molecule has 4 rings (SSSR count). The zero-order chi connectivity index (χ0) is 20.1. The summed E-state index contributed by atoms with van der Waals surface area (Å²) < 4.78 is 7.19. The summed E-state index contributed by atoms with van der Waals surface area (Å²) >= 11 is 3.30. The fourth-order valence-corrected chi connectivity index (χ4v) is 4.06. The zero-order valence-corrected chi connectivity index (χ0v) is 17.4. The summed E-state index contributed by atoms with van der Waals surface area (Å²) in [5, 5.41) is 19.5. The number of thioether (sulfide) groups is 1. The summed E-state index contributed by atoms with van der Waals surface area (Å²) in [7, 11) is 0. The normalized spacial score (nSPS) is 12.3. The van der Waals surface area contributed by atoms with E-state index in [0.29, 0.717) is 18.1 Å². The van der Waals surface area contributed by atoms with Crippen LogP contribution >= 0.6 is 23.1 Å². The van der Waals surface area contributed by atoms with Crippen molar-refractivity contribution < 1.29 is 9.32 Å². The first-order chi connectivity index (χ1) is 14.2. The molecule has 0 fully saturated rings. The van der Waals surface area contributed by atoms with Crippen molar-refractivity contribution in [3.05, 3.63) is 52.9 Å². The van der Waals surface area contributed by atoms with Crippen LogP contribution in [0.1, 0.15) is 30.6 Å². The fraction of sp³-hybridized carbons (Fsp3) is 0.316. The number of aryl methyl sites for hydroxylation is 1. The number of carbonyl (C=O) groups excluding carboxylic acids is 1. The third kappa shape index (κ3) is 4.65. The highest BCUT2D eigenvalue weighted by Crippen LogP contribution is 2.20. The monoisotopic (exact) mass is 428 g/mol. The Balaban J connectivity index is 1.40. The van der Waals surface area contributed by atoms with Crippen LogP contribution in [-0.4, -0.2) is 42.7 Å². The molecule has 8 nitrogen and oxygen atoms in total. The lowest BCUT2D eigenvalue weighted by atomic mass is 10.2. The molecule has 0 aromatic carbocycles. The van der Waals surface area contributed by atoms with Crippen molar-refractivity contribution in [3.8, 4) is 11.4 Å². The summed E-state index contributed by atoms with van der Waals surface area (Å²) in [6.45, 7) is 0. The molecule has 0 radical (unpaired) electrons. The topological polar surface area (TPSA) is 98.2 Å². The van der Waals surface area contributed by atoms with Gasteiger partial charge in [0.1, 0.15) is 0 Å². The number of amides is 1. The van der Waals surface area contributed by atoms with Crippen LogP contribution in [0.3, 0.4) is 0 Å². The van der Waals surface area contributed by atoms with Gasteiger partial charge in [0.25, 0.3) is 0 Å². The third-order valence-electron chi connectivity index (χ3n) is 4.41. The Morgan fingerprint density at radius 1 is 1.34 bits per heavy atom. The van der Waals surface area contributed by atoms with Gasteiger partial charge in [-0.25, -0.2) is 0 Å². The lowest BCUT2D eigenvalue weighted by Gasteiger charge is -2.16. The first-order valence-electron chi connectivity index (χ1n) is 9.17. The SMILES string of the molecule is CSCCC(NC(=O)CCc1nc(-c2ccsc2)no1)c1nnc2ccccn12. The van der Waals surface area contributed by atoms with E-state index in [0.717, 1.165) is 29.2 Å². The lowest BCUT2D eigenvalue weighted by Crippen LogP contribution is -2.30. The quantitative estimate of drug-likeness (QED) is 0.436. The molecular formula is C19H20N6O2S2. The Bertz CT molecular complexity index is 1080. The number of aromatic nitrogens is 5. The predicted molar refractivity (Wildman–Crippen MR) is 113 cm³/mol. The smallest absolute Gasteiger partial charge is 0.227 e. The number of hydrogen-bond donors (Lipinski definition) is 1. The molecule has 29 heavy (non-hydrogen) atoms. The van der Waals surface area contributed by atoms with Gasteiger partial charge in [0, 0.05) is 30.0 Å². The van der Waals surface area contributed by atoms with E-state index in [-0.39, 0.29) is 18.4 Å². The number of fused-ring (bicyclic) bond motifs is 1. The van der Waals surface area contributed by atoms with Gasteiger partial charge in [-0.1, -0.05) is 11.2 Å². The Kier molecular flexibility index (Phi) is 6.20. The highest BCUT2D eigenvalue weighted by molar-refractivity contribution is 7.98. The fourth-order valence-electron chi connectivity index (χ4n) is 2.95. The summed E-state index contributed by atoms with van der Waals surface area (Å²) in [4.78, 5) is 17.0. The number of thiophene rings is 1. The average molecular weight is 429 g/mol.